The summed E-state index contributed by atoms with van der Waals surface area (Å²) >= 11 is 5.83. The molecule has 0 saturated heterocycles. The minimum atomic E-state index is 0.101. The molecular weight excluding hydrogens is 186 g/mol. The molecule has 0 aliphatic carbocycles. The normalized spacial score (nSPS) is 14.2. The van der Waals surface area contributed by atoms with Crippen molar-refractivity contribution in [2.24, 2.45) is 5.16 Å². The molecular formula is C10H12ClNO. The molecule has 3 heteroatoms. The van der Waals surface area contributed by atoms with Crippen LogP contribution in [0.2, 0.25) is 5.02 Å². The summed E-state index contributed by atoms with van der Waals surface area (Å²) in [7, 11) is 0. The number of benzene rings is 1. The van der Waals surface area contributed by atoms with Crippen molar-refractivity contribution in [2.45, 2.75) is 19.8 Å². The van der Waals surface area contributed by atoms with Gasteiger partial charge in [-0.15, -0.1) is 0 Å². The molecule has 0 bridgehead atoms. The fourth-order valence-corrected chi connectivity index (χ4v) is 1.30. The quantitative estimate of drug-likeness (QED) is 0.441. The van der Waals surface area contributed by atoms with Gasteiger partial charge < -0.3 is 5.21 Å². The van der Waals surface area contributed by atoms with Crippen molar-refractivity contribution < 1.29 is 5.21 Å². The molecule has 1 atom stereocenters. The van der Waals surface area contributed by atoms with E-state index in [-0.39, 0.29) is 5.92 Å². The summed E-state index contributed by atoms with van der Waals surface area (Å²) in [4.78, 5) is 0. The molecule has 0 spiro atoms. The Bertz CT molecular complexity index is 322. The Morgan fingerprint density at radius 3 is 2.77 bits per heavy atom. The van der Waals surface area contributed by atoms with Crippen LogP contribution in [0.3, 0.4) is 0 Å². The van der Waals surface area contributed by atoms with Crippen molar-refractivity contribution in [3.63, 3.8) is 0 Å². The monoisotopic (exact) mass is 197 g/mol. The highest BCUT2D eigenvalue weighted by molar-refractivity contribution is 6.30. The van der Waals surface area contributed by atoms with Crippen LogP contribution in [-0.2, 0) is 0 Å². The van der Waals surface area contributed by atoms with E-state index < -0.39 is 0 Å². The molecule has 1 aromatic rings. The third kappa shape index (κ3) is 2.46. The predicted molar refractivity (Wildman–Crippen MR) is 54.8 cm³/mol. The molecule has 0 saturated carbocycles. The molecule has 70 valence electrons. The highest BCUT2D eigenvalue weighted by Gasteiger charge is 2.08. The summed E-state index contributed by atoms with van der Waals surface area (Å²) in [5.41, 5.74) is 1.74. The van der Waals surface area contributed by atoms with E-state index >= 15 is 0 Å². The molecule has 0 fully saturated rings. The molecule has 0 aliphatic rings. The van der Waals surface area contributed by atoms with Gasteiger partial charge in [-0.3, -0.25) is 0 Å². The van der Waals surface area contributed by atoms with Gasteiger partial charge in [-0.05, 0) is 24.6 Å². The van der Waals surface area contributed by atoms with Crippen LogP contribution in [0.15, 0.2) is 29.4 Å². The van der Waals surface area contributed by atoms with Crippen LogP contribution in [0.5, 0.6) is 0 Å². The van der Waals surface area contributed by atoms with E-state index in [1.54, 1.807) is 6.92 Å². The van der Waals surface area contributed by atoms with Crippen LogP contribution < -0.4 is 0 Å². The first-order chi connectivity index (χ1) is 6.15. The third-order valence-electron chi connectivity index (χ3n) is 2.13. The highest BCUT2D eigenvalue weighted by atomic mass is 35.5. The van der Waals surface area contributed by atoms with Crippen molar-refractivity contribution in [3.8, 4) is 0 Å². The first-order valence-corrected chi connectivity index (χ1v) is 4.47. The molecule has 1 N–H and O–H groups in total. The topological polar surface area (TPSA) is 32.6 Å². The van der Waals surface area contributed by atoms with Gasteiger partial charge in [0.15, 0.2) is 0 Å². The molecule has 2 nitrogen and oxygen atoms in total. The molecule has 1 unspecified atom stereocenters. The highest BCUT2D eigenvalue weighted by Crippen LogP contribution is 2.20. The van der Waals surface area contributed by atoms with E-state index in [9.17, 15) is 0 Å². The van der Waals surface area contributed by atoms with Crippen LogP contribution >= 0.6 is 11.6 Å². The fraction of sp³-hybridized carbons (Fsp3) is 0.300. The Balaban J connectivity index is 2.95. The average molecular weight is 198 g/mol. The average Bonchev–Trinajstić information content (AvgIpc) is 2.15. The Labute approximate surface area is 82.8 Å². The predicted octanol–water partition coefficient (Wildman–Crippen LogP) is 3.29. The molecule has 1 rings (SSSR count). The second-order valence-electron chi connectivity index (χ2n) is 3.02. The molecule has 0 aliphatic heterocycles. The van der Waals surface area contributed by atoms with Crippen LogP contribution in [0.1, 0.15) is 25.3 Å². The van der Waals surface area contributed by atoms with Crippen LogP contribution in [-0.4, -0.2) is 10.9 Å². The van der Waals surface area contributed by atoms with Gasteiger partial charge in [0.05, 0.1) is 5.71 Å². The van der Waals surface area contributed by atoms with E-state index in [2.05, 4.69) is 5.16 Å². The maximum absolute atomic E-state index is 8.59. The molecule has 0 amide bonds. The zero-order chi connectivity index (χ0) is 9.84. The van der Waals surface area contributed by atoms with Gasteiger partial charge in [-0.1, -0.05) is 35.8 Å². The maximum Gasteiger partial charge on any atom is 0.0611 e. The SMILES string of the molecule is C/C(=N\O)C(C)c1cccc(Cl)c1. The Morgan fingerprint density at radius 2 is 2.23 bits per heavy atom. The number of oxime groups is 1. The van der Waals surface area contributed by atoms with Crippen molar-refractivity contribution in [1.29, 1.82) is 0 Å². The fourth-order valence-electron chi connectivity index (χ4n) is 1.10. The van der Waals surface area contributed by atoms with E-state index in [0.29, 0.717) is 10.7 Å². The van der Waals surface area contributed by atoms with Crippen LogP contribution in [0, 0.1) is 0 Å². The Kier molecular flexibility index (Phi) is 3.32. The standard InChI is InChI=1S/C10H12ClNO/c1-7(8(2)12-13)9-4-3-5-10(11)6-9/h3-7,13H,1-2H3/b12-8+. The van der Waals surface area contributed by atoms with Crippen molar-refractivity contribution in [3.05, 3.63) is 34.9 Å². The van der Waals surface area contributed by atoms with Gasteiger partial charge >= 0.3 is 0 Å². The second-order valence-corrected chi connectivity index (χ2v) is 3.45. The minimum Gasteiger partial charge on any atom is -0.411 e. The summed E-state index contributed by atoms with van der Waals surface area (Å²) in [5, 5.41) is 12.5. The Morgan fingerprint density at radius 1 is 1.54 bits per heavy atom. The van der Waals surface area contributed by atoms with Gasteiger partial charge in [-0.2, -0.15) is 0 Å². The zero-order valence-corrected chi connectivity index (χ0v) is 8.42. The van der Waals surface area contributed by atoms with Crippen LogP contribution in [0.4, 0.5) is 0 Å². The van der Waals surface area contributed by atoms with E-state index in [4.69, 9.17) is 16.8 Å². The number of hydrogen-bond acceptors (Lipinski definition) is 2. The summed E-state index contributed by atoms with van der Waals surface area (Å²) in [5.74, 6) is 0.101. The van der Waals surface area contributed by atoms with Gasteiger partial charge in [0.2, 0.25) is 0 Å². The minimum absolute atomic E-state index is 0.101. The third-order valence-corrected chi connectivity index (χ3v) is 2.37. The number of hydrogen-bond donors (Lipinski definition) is 1. The lowest BCUT2D eigenvalue weighted by Gasteiger charge is -2.09. The molecule has 0 radical (unpaired) electrons. The van der Waals surface area contributed by atoms with E-state index in [0.717, 1.165) is 5.56 Å². The largest absolute Gasteiger partial charge is 0.411 e. The lowest BCUT2D eigenvalue weighted by molar-refractivity contribution is 0.316. The smallest absolute Gasteiger partial charge is 0.0611 e. The second kappa shape index (κ2) is 4.28. The van der Waals surface area contributed by atoms with Crippen molar-refractivity contribution in [2.75, 3.05) is 0 Å². The Hall–Kier alpha value is -1.02. The molecule has 13 heavy (non-hydrogen) atoms. The summed E-state index contributed by atoms with van der Waals surface area (Å²) in [6, 6.07) is 7.55. The summed E-state index contributed by atoms with van der Waals surface area (Å²) in [6.45, 7) is 3.76. The summed E-state index contributed by atoms with van der Waals surface area (Å²) in [6.07, 6.45) is 0. The molecule has 0 aromatic heterocycles. The van der Waals surface area contributed by atoms with Crippen molar-refractivity contribution >= 4 is 17.3 Å². The first-order valence-electron chi connectivity index (χ1n) is 4.09. The lowest BCUT2D eigenvalue weighted by Crippen LogP contribution is -2.04. The van der Waals surface area contributed by atoms with E-state index in [1.165, 1.54) is 0 Å². The lowest BCUT2D eigenvalue weighted by atomic mass is 9.97. The number of halogens is 1. The first kappa shape index (κ1) is 10.1. The number of nitrogens with zero attached hydrogens (tertiary/aromatic N) is 1. The van der Waals surface area contributed by atoms with Gasteiger partial charge in [-0.25, -0.2) is 0 Å². The molecule has 1 aromatic carbocycles. The van der Waals surface area contributed by atoms with Gasteiger partial charge in [0.25, 0.3) is 0 Å². The van der Waals surface area contributed by atoms with E-state index in [1.807, 2.05) is 31.2 Å². The summed E-state index contributed by atoms with van der Waals surface area (Å²) < 4.78 is 0. The van der Waals surface area contributed by atoms with Gasteiger partial charge in [0.1, 0.15) is 0 Å². The van der Waals surface area contributed by atoms with Crippen molar-refractivity contribution in [1.82, 2.24) is 0 Å². The maximum atomic E-state index is 8.59. The van der Waals surface area contributed by atoms with Gasteiger partial charge in [0, 0.05) is 10.9 Å². The van der Waals surface area contributed by atoms with Crippen LogP contribution in [0.25, 0.3) is 0 Å². The number of rotatable bonds is 2. The zero-order valence-electron chi connectivity index (χ0n) is 7.66. The molecule has 0 heterocycles.